The molecule has 4 rings (SSSR count). The zero-order chi connectivity index (χ0) is 22.1. The number of carboxylic acid groups (broad SMARTS) is 1. The van der Waals surface area contributed by atoms with Crippen LogP contribution in [-0.2, 0) is 7.05 Å². The summed E-state index contributed by atoms with van der Waals surface area (Å²) in [6.07, 6.45) is 0.142. The smallest absolute Gasteiger partial charge is 0.407 e. The molecule has 1 aromatic carbocycles. The summed E-state index contributed by atoms with van der Waals surface area (Å²) >= 11 is 0. The number of amides is 2. The maximum absolute atomic E-state index is 13.0. The fourth-order valence-electron chi connectivity index (χ4n) is 3.52. The Morgan fingerprint density at radius 1 is 1.10 bits per heavy atom. The first kappa shape index (κ1) is 20.1. The zero-order valence-corrected chi connectivity index (χ0v) is 16.6. The summed E-state index contributed by atoms with van der Waals surface area (Å²) < 4.78 is 7.47. The summed E-state index contributed by atoms with van der Waals surface area (Å²) in [5.74, 6) is 0.533. The van der Waals surface area contributed by atoms with Crippen molar-refractivity contribution < 1.29 is 24.4 Å². The second kappa shape index (κ2) is 7.94. The van der Waals surface area contributed by atoms with Gasteiger partial charge in [0.05, 0.1) is 4.92 Å². The van der Waals surface area contributed by atoms with Crippen molar-refractivity contribution in [3.63, 3.8) is 0 Å². The minimum atomic E-state index is -0.980. The molecule has 0 spiro atoms. The number of carbonyl (C=O) groups excluding carboxylic acids is 1. The SMILES string of the molecule is Cn1c(C(=O)N2CCN(C(=O)O)CC2)cc2cc(Oc3ccc([N+](=O)[O-])cn3)ccc21. The molecule has 1 fully saturated rings. The van der Waals surface area contributed by atoms with Gasteiger partial charge < -0.3 is 24.2 Å². The van der Waals surface area contributed by atoms with E-state index in [4.69, 9.17) is 9.84 Å². The average molecular weight is 425 g/mol. The normalized spacial score (nSPS) is 14.0. The lowest BCUT2D eigenvalue weighted by Crippen LogP contribution is -2.50. The molecule has 0 saturated carbocycles. The van der Waals surface area contributed by atoms with E-state index in [0.717, 1.165) is 17.1 Å². The van der Waals surface area contributed by atoms with Crippen LogP contribution in [0.1, 0.15) is 10.5 Å². The number of pyridine rings is 1. The summed E-state index contributed by atoms with van der Waals surface area (Å²) in [6.45, 7) is 1.25. The molecule has 0 unspecified atom stereocenters. The van der Waals surface area contributed by atoms with Gasteiger partial charge in [0.25, 0.3) is 11.6 Å². The van der Waals surface area contributed by atoms with Crippen molar-refractivity contribution in [2.24, 2.45) is 7.05 Å². The maximum atomic E-state index is 13.0. The minimum Gasteiger partial charge on any atom is -0.465 e. The Morgan fingerprint density at radius 2 is 1.81 bits per heavy atom. The van der Waals surface area contributed by atoms with Crippen LogP contribution in [-0.4, -0.2) is 67.6 Å². The number of fused-ring (bicyclic) bond motifs is 1. The number of ether oxygens (including phenoxy) is 1. The monoisotopic (exact) mass is 425 g/mol. The predicted octanol–water partition coefficient (Wildman–Crippen LogP) is 2.71. The highest BCUT2D eigenvalue weighted by molar-refractivity contribution is 5.99. The van der Waals surface area contributed by atoms with Gasteiger partial charge in [-0.3, -0.25) is 14.9 Å². The quantitative estimate of drug-likeness (QED) is 0.502. The summed E-state index contributed by atoms with van der Waals surface area (Å²) in [7, 11) is 1.79. The third-order valence-corrected chi connectivity index (χ3v) is 5.22. The average Bonchev–Trinajstić information content (AvgIpc) is 3.09. The van der Waals surface area contributed by atoms with Gasteiger partial charge >= 0.3 is 6.09 Å². The van der Waals surface area contributed by atoms with Gasteiger partial charge in [-0.1, -0.05) is 0 Å². The molecular weight excluding hydrogens is 406 g/mol. The van der Waals surface area contributed by atoms with Gasteiger partial charge in [0.2, 0.25) is 5.88 Å². The fourth-order valence-corrected chi connectivity index (χ4v) is 3.52. The van der Waals surface area contributed by atoms with Crippen LogP contribution in [0.5, 0.6) is 11.6 Å². The van der Waals surface area contributed by atoms with Crippen LogP contribution >= 0.6 is 0 Å². The maximum Gasteiger partial charge on any atom is 0.407 e. The molecular formula is C20H19N5O6. The molecule has 1 N–H and O–H groups in total. The molecule has 2 aromatic heterocycles. The first-order valence-electron chi connectivity index (χ1n) is 9.48. The second-order valence-electron chi connectivity index (χ2n) is 7.08. The van der Waals surface area contributed by atoms with Crippen molar-refractivity contribution in [2.75, 3.05) is 26.2 Å². The Bertz CT molecular complexity index is 1160. The number of aromatic nitrogens is 2. The number of piperazine rings is 1. The molecule has 3 heterocycles. The van der Waals surface area contributed by atoms with E-state index in [-0.39, 0.29) is 30.6 Å². The third-order valence-electron chi connectivity index (χ3n) is 5.22. The highest BCUT2D eigenvalue weighted by Crippen LogP contribution is 2.28. The van der Waals surface area contributed by atoms with Crippen LogP contribution in [0.4, 0.5) is 10.5 Å². The van der Waals surface area contributed by atoms with Crippen LogP contribution < -0.4 is 4.74 Å². The molecule has 11 heteroatoms. The van der Waals surface area contributed by atoms with E-state index in [1.807, 2.05) is 6.07 Å². The molecule has 1 saturated heterocycles. The number of hydrogen-bond acceptors (Lipinski definition) is 6. The number of rotatable bonds is 4. The number of hydrogen-bond donors (Lipinski definition) is 1. The number of nitrogens with zero attached hydrogens (tertiary/aromatic N) is 5. The Balaban J connectivity index is 1.53. The van der Waals surface area contributed by atoms with Gasteiger partial charge in [-0.05, 0) is 24.3 Å². The molecule has 31 heavy (non-hydrogen) atoms. The minimum absolute atomic E-state index is 0.127. The lowest BCUT2D eigenvalue weighted by Gasteiger charge is -2.33. The Labute approximate surface area is 176 Å². The van der Waals surface area contributed by atoms with E-state index in [0.29, 0.717) is 24.5 Å². The second-order valence-corrected chi connectivity index (χ2v) is 7.08. The summed E-state index contributed by atoms with van der Waals surface area (Å²) in [6, 6.07) is 9.79. The van der Waals surface area contributed by atoms with Crippen LogP contribution in [0.25, 0.3) is 10.9 Å². The van der Waals surface area contributed by atoms with Crippen LogP contribution in [0, 0.1) is 10.1 Å². The number of aryl methyl sites for hydroxylation is 1. The van der Waals surface area contributed by atoms with Crippen molar-refractivity contribution in [1.82, 2.24) is 19.4 Å². The number of benzene rings is 1. The highest BCUT2D eigenvalue weighted by Gasteiger charge is 2.26. The number of carbonyl (C=O) groups is 2. The molecule has 3 aromatic rings. The van der Waals surface area contributed by atoms with Gasteiger partial charge in [0.15, 0.2) is 0 Å². The zero-order valence-electron chi connectivity index (χ0n) is 16.6. The molecule has 11 nitrogen and oxygen atoms in total. The van der Waals surface area contributed by atoms with Gasteiger partial charge in [-0.25, -0.2) is 9.78 Å². The van der Waals surface area contributed by atoms with Gasteiger partial charge in [-0.2, -0.15) is 0 Å². The topological polar surface area (TPSA) is 131 Å². The van der Waals surface area contributed by atoms with Gasteiger partial charge in [0, 0.05) is 56.3 Å². The molecule has 1 aliphatic rings. The van der Waals surface area contributed by atoms with E-state index in [1.165, 1.54) is 17.0 Å². The van der Waals surface area contributed by atoms with Crippen LogP contribution in [0.2, 0.25) is 0 Å². The predicted molar refractivity (Wildman–Crippen MR) is 109 cm³/mol. The van der Waals surface area contributed by atoms with E-state index in [1.54, 1.807) is 34.7 Å². The fraction of sp³-hybridized carbons (Fsp3) is 0.250. The standard InChI is InChI=1S/C20H19N5O6/c1-22-16-4-3-15(31-18-5-2-14(12-21-18)25(29)30)10-13(16)11-17(22)19(26)23-6-8-24(9-7-23)20(27)28/h2-5,10-12H,6-9H2,1H3,(H,27,28). The van der Waals surface area contributed by atoms with E-state index < -0.39 is 11.0 Å². The number of nitro groups is 1. The largest absolute Gasteiger partial charge is 0.465 e. The van der Waals surface area contributed by atoms with E-state index >= 15 is 0 Å². The third kappa shape index (κ3) is 3.97. The van der Waals surface area contributed by atoms with E-state index in [9.17, 15) is 19.7 Å². The first-order chi connectivity index (χ1) is 14.8. The molecule has 0 radical (unpaired) electrons. The highest BCUT2D eigenvalue weighted by atomic mass is 16.6. The van der Waals surface area contributed by atoms with Crippen molar-refractivity contribution in [3.05, 3.63) is 58.4 Å². The van der Waals surface area contributed by atoms with Crippen molar-refractivity contribution in [2.45, 2.75) is 0 Å². The summed E-state index contributed by atoms with van der Waals surface area (Å²) in [5.41, 5.74) is 1.19. The Hall–Kier alpha value is -4.15. The molecule has 0 bridgehead atoms. The van der Waals surface area contributed by atoms with Crippen LogP contribution in [0.15, 0.2) is 42.6 Å². The molecule has 2 amide bonds. The molecule has 0 aliphatic carbocycles. The Morgan fingerprint density at radius 3 is 2.42 bits per heavy atom. The van der Waals surface area contributed by atoms with Gasteiger partial charge in [-0.15, -0.1) is 0 Å². The molecule has 1 aliphatic heterocycles. The van der Waals surface area contributed by atoms with Crippen molar-refractivity contribution in [1.29, 1.82) is 0 Å². The lowest BCUT2D eigenvalue weighted by atomic mass is 10.2. The molecule has 160 valence electrons. The molecule has 0 atom stereocenters. The van der Waals surface area contributed by atoms with E-state index in [2.05, 4.69) is 4.98 Å². The van der Waals surface area contributed by atoms with Crippen LogP contribution in [0.3, 0.4) is 0 Å². The summed E-state index contributed by atoms with van der Waals surface area (Å²) in [5, 5.41) is 20.6. The van der Waals surface area contributed by atoms with Crippen molar-refractivity contribution in [3.8, 4) is 11.6 Å². The first-order valence-corrected chi connectivity index (χ1v) is 9.48. The van der Waals surface area contributed by atoms with Gasteiger partial charge in [0.1, 0.15) is 17.6 Å². The Kier molecular flexibility index (Phi) is 5.15. The lowest BCUT2D eigenvalue weighted by molar-refractivity contribution is -0.385. The van der Waals surface area contributed by atoms with Crippen molar-refractivity contribution >= 4 is 28.6 Å². The summed E-state index contributed by atoms with van der Waals surface area (Å²) in [4.78, 5) is 41.1.